The molecule has 0 spiro atoms. The van der Waals surface area contributed by atoms with Gasteiger partial charge in [0.1, 0.15) is 0 Å². The highest BCUT2D eigenvalue weighted by Crippen LogP contribution is 2.31. The van der Waals surface area contributed by atoms with E-state index in [-0.39, 0.29) is 17.3 Å². The fourth-order valence-electron chi connectivity index (χ4n) is 2.41. The minimum atomic E-state index is -3.59. The van der Waals surface area contributed by atoms with E-state index in [1.807, 2.05) is 12.1 Å². The van der Waals surface area contributed by atoms with Crippen LogP contribution in [-0.4, -0.2) is 28.2 Å². The van der Waals surface area contributed by atoms with Crippen LogP contribution in [0.4, 0.5) is 5.69 Å². The molecule has 1 heterocycles. The summed E-state index contributed by atoms with van der Waals surface area (Å²) >= 11 is 0. The van der Waals surface area contributed by atoms with Crippen molar-refractivity contribution in [3.05, 3.63) is 48.0 Å². The quantitative estimate of drug-likeness (QED) is 0.772. The number of halogens is 1. The molecule has 2 aromatic carbocycles. The number of nitrogen functional groups attached to an aromatic ring is 1. The van der Waals surface area contributed by atoms with Crippen LogP contribution in [0.3, 0.4) is 0 Å². The third kappa shape index (κ3) is 5.01. The third-order valence-corrected chi connectivity index (χ3v) is 5.17. The standard InChI is InChI=1S/C17H20N2O4S.ClH/c18-14-4-2-13(3-5-14)8-9-19-24(20,21)15-6-7-16-17(12-15)23-11-1-10-22-16;/h2-7,12,19H,1,8-11,18H2;1H. The molecule has 8 heteroatoms. The van der Waals surface area contributed by atoms with E-state index in [2.05, 4.69) is 4.72 Å². The number of nitrogens with one attached hydrogen (secondary N) is 1. The smallest absolute Gasteiger partial charge is 0.240 e. The Morgan fingerprint density at radius 2 is 1.68 bits per heavy atom. The number of nitrogens with two attached hydrogens (primary N) is 1. The molecule has 0 fully saturated rings. The first-order valence-corrected chi connectivity index (χ1v) is 9.27. The van der Waals surface area contributed by atoms with E-state index in [1.54, 1.807) is 18.2 Å². The van der Waals surface area contributed by atoms with Crippen molar-refractivity contribution in [2.75, 3.05) is 25.5 Å². The van der Waals surface area contributed by atoms with Gasteiger partial charge in [0.25, 0.3) is 0 Å². The number of anilines is 1. The van der Waals surface area contributed by atoms with Gasteiger partial charge in [-0.2, -0.15) is 0 Å². The zero-order valence-corrected chi connectivity index (χ0v) is 15.2. The summed E-state index contributed by atoms with van der Waals surface area (Å²) in [5, 5.41) is 0. The maximum Gasteiger partial charge on any atom is 0.240 e. The van der Waals surface area contributed by atoms with Gasteiger partial charge in [0.05, 0.1) is 18.1 Å². The van der Waals surface area contributed by atoms with Gasteiger partial charge in [0.15, 0.2) is 11.5 Å². The molecule has 0 saturated carbocycles. The largest absolute Gasteiger partial charge is 0.490 e. The molecule has 2 aromatic rings. The molecule has 0 bridgehead atoms. The van der Waals surface area contributed by atoms with Crippen molar-refractivity contribution in [3.8, 4) is 11.5 Å². The number of ether oxygens (including phenoxy) is 2. The molecule has 0 saturated heterocycles. The van der Waals surface area contributed by atoms with Crippen LogP contribution in [0.25, 0.3) is 0 Å². The maximum absolute atomic E-state index is 12.4. The summed E-state index contributed by atoms with van der Waals surface area (Å²) < 4.78 is 38.5. The first-order chi connectivity index (χ1) is 11.5. The molecule has 0 amide bonds. The monoisotopic (exact) mass is 384 g/mol. The molecule has 0 aromatic heterocycles. The maximum atomic E-state index is 12.4. The molecule has 1 aliphatic rings. The van der Waals surface area contributed by atoms with E-state index in [4.69, 9.17) is 15.2 Å². The summed E-state index contributed by atoms with van der Waals surface area (Å²) in [6.45, 7) is 1.39. The van der Waals surface area contributed by atoms with Crippen molar-refractivity contribution in [2.24, 2.45) is 0 Å². The van der Waals surface area contributed by atoms with Gasteiger partial charge >= 0.3 is 0 Å². The molecular weight excluding hydrogens is 364 g/mol. The molecule has 25 heavy (non-hydrogen) atoms. The number of fused-ring (bicyclic) bond motifs is 1. The highest BCUT2D eigenvalue weighted by atomic mass is 35.5. The Hall–Kier alpha value is -1.96. The summed E-state index contributed by atoms with van der Waals surface area (Å²) in [6, 6.07) is 12.0. The molecule has 136 valence electrons. The number of benzene rings is 2. The predicted molar refractivity (Wildman–Crippen MR) is 99.0 cm³/mol. The van der Waals surface area contributed by atoms with Crippen LogP contribution in [0.2, 0.25) is 0 Å². The number of sulfonamides is 1. The van der Waals surface area contributed by atoms with Gasteiger partial charge in [-0.1, -0.05) is 12.1 Å². The molecule has 0 unspecified atom stereocenters. The Morgan fingerprint density at radius 3 is 2.40 bits per heavy atom. The second-order valence-corrected chi connectivity index (χ2v) is 7.32. The minimum Gasteiger partial charge on any atom is -0.490 e. The van der Waals surface area contributed by atoms with E-state index in [1.165, 1.54) is 12.1 Å². The van der Waals surface area contributed by atoms with Crippen molar-refractivity contribution in [2.45, 2.75) is 17.7 Å². The van der Waals surface area contributed by atoms with Crippen LogP contribution in [0.15, 0.2) is 47.4 Å². The van der Waals surface area contributed by atoms with Crippen LogP contribution in [0.1, 0.15) is 12.0 Å². The van der Waals surface area contributed by atoms with Crippen molar-refractivity contribution in [1.29, 1.82) is 0 Å². The summed E-state index contributed by atoms with van der Waals surface area (Å²) in [4.78, 5) is 0.170. The lowest BCUT2D eigenvalue weighted by Crippen LogP contribution is -2.26. The number of rotatable bonds is 5. The topological polar surface area (TPSA) is 90.7 Å². The predicted octanol–water partition coefficient (Wildman–Crippen LogP) is 2.37. The number of hydrogen-bond donors (Lipinski definition) is 2. The Bertz CT molecular complexity index is 810. The van der Waals surface area contributed by atoms with Crippen molar-refractivity contribution >= 4 is 28.1 Å². The molecule has 1 aliphatic heterocycles. The van der Waals surface area contributed by atoms with Gasteiger partial charge in [-0.15, -0.1) is 12.4 Å². The fourth-order valence-corrected chi connectivity index (χ4v) is 3.45. The highest BCUT2D eigenvalue weighted by molar-refractivity contribution is 7.89. The van der Waals surface area contributed by atoms with E-state index >= 15 is 0 Å². The fraction of sp³-hybridized carbons (Fsp3) is 0.294. The summed E-state index contributed by atoms with van der Waals surface area (Å²) in [5.74, 6) is 1.04. The van der Waals surface area contributed by atoms with Gasteiger partial charge in [0, 0.05) is 24.7 Å². The SMILES string of the molecule is Cl.Nc1ccc(CCNS(=O)(=O)c2ccc3c(c2)OCCCO3)cc1. The Morgan fingerprint density at radius 1 is 1.00 bits per heavy atom. The average molecular weight is 385 g/mol. The van der Waals surface area contributed by atoms with Crippen LogP contribution < -0.4 is 19.9 Å². The number of hydrogen-bond acceptors (Lipinski definition) is 5. The Kier molecular flexibility index (Phi) is 6.52. The zero-order valence-electron chi connectivity index (χ0n) is 13.6. The summed E-state index contributed by atoms with van der Waals surface area (Å²) in [5.41, 5.74) is 7.34. The van der Waals surface area contributed by atoms with Crippen LogP contribution >= 0.6 is 12.4 Å². The van der Waals surface area contributed by atoms with E-state index < -0.39 is 10.0 Å². The second kappa shape index (κ2) is 8.42. The van der Waals surface area contributed by atoms with Gasteiger partial charge < -0.3 is 15.2 Å². The van der Waals surface area contributed by atoms with Crippen LogP contribution in [0.5, 0.6) is 11.5 Å². The lowest BCUT2D eigenvalue weighted by atomic mass is 10.1. The lowest BCUT2D eigenvalue weighted by Gasteiger charge is -2.11. The van der Waals surface area contributed by atoms with E-state index in [9.17, 15) is 8.42 Å². The van der Waals surface area contributed by atoms with Crippen molar-refractivity contribution < 1.29 is 17.9 Å². The van der Waals surface area contributed by atoms with E-state index in [0.29, 0.717) is 43.4 Å². The average Bonchev–Trinajstić information content (AvgIpc) is 2.81. The second-order valence-electron chi connectivity index (χ2n) is 5.55. The Labute approximate surface area is 153 Å². The van der Waals surface area contributed by atoms with Gasteiger partial charge in [-0.3, -0.25) is 0 Å². The minimum absolute atomic E-state index is 0. The molecule has 3 N–H and O–H groups in total. The van der Waals surface area contributed by atoms with Gasteiger partial charge in [-0.25, -0.2) is 13.1 Å². The molecule has 0 atom stereocenters. The third-order valence-electron chi connectivity index (χ3n) is 3.71. The molecule has 0 aliphatic carbocycles. The lowest BCUT2D eigenvalue weighted by molar-refractivity contribution is 0.297. The van der Waals surface area contributed by atoms with Crippen LogP contribution in [-0.2, 0) is 16.4 Å². The molecule has 6 nitrogen and oxygen atoms in total. The van der Waals surface area contributed by atoms with Crippen molar-refractivity contribution in [3.63, 3.8) is 0 Å². The first kappa shape index (κ1) is 19.4. The zero-order chi connectivity index (χ0) is 17.0. The summed E-state index contributed by atoms with van der Waals surface area (Å²) in [6.07, 6.45) is 1.36. The first-order valence-electron chi connectivity index (χ1n) is 7.78. The molecular formula is C17H21ClN2O4S. The van der Waals surface area contributed by atoms with Crippen LogP contribution in [0, 0.1) is 0 Å². The van der Waals surface area contributed by atoms with Gasteiger partial charge in [-0.05, 0) is 36.2 Å². The van der Waals surface area contributed by atoms with E-state index in [0.717, 1.165) is 12.0 Å². The van der Waals surface area contributed by atoms with Gasteiger partial charge in [0.2, 0.25) is 10.0 Å². The summed E-state index contributed by atoms with van der Waals surface area (Å²) in [7, 11) is -3.59. The highest BCUT2D eigenvalue weighted by Gasteiger charge is 2.18. The normalized spacial score (nSPS) is 13.6. The van der Waals surface area contributed by atoms with Crippen molar-refractivity contribution in [1.82, 2.24) is 4.72 Å². The Balaban J connectivity index is 0.00000225. The molecule has 0 radical (unpaired) electrons. The molecule has 3 rings (SSSR count).